The average molecular weight is 167 g/mol. The highest BCUT2D eigenvalue weighted by molar-refractivity contribution is 4.92. The Hall–Kier alpha value is -0.0400. The fraction of sp³-hybridized carbons (Fsp3) is 1.00. The van der Waals surface area contributed by atoms with Crippen LogP contribution in [-0.2, 0) is 0 Å². The van der Waals surface area contributed by atoms with Gasteiger partial charge in [-0.3, -0.25) is 0 Å². The third kappa shape index (κ3) is 1.28. The lowest BCUT2D eigenvalue weighted by atomic mass is 9.85. The van der Waals surface area contributed by atoms with E-state index in [-0.39, 0.29) is 0 Å². The molecule has 0 aromatic rings. The minimum absolute atomic E-state index is 0.957. The molecule has 3 unspecified atom stereocenters. The predicted molar refractivity (Wildman–Crippen MR) is 52.2 cm³/mol. The predicted octanol–water partition coefficient (Wildman–Crippen LogP) is 2.52. The van der Waals surface area contributed by atoms with Crippen LogP contribution in [0.2, 0.25) is 0 Å². The molecule has 3 atom stereocenters. The van der Waals surface area contributed by atoms with E-state index >= 15 is 0 Å². The number of hydrogen-bond donors (Lipinski definition) is 0. The molecule has 1 heteroatoms. The van der Waals surface area contributed by atoms with Crippen molar-refractivity contribution in [3.05, 3.63) is 0 Å². The first kappa shape index (κ1) is 8.55. The standard InChI is InChI=1S/C11H21N/c1-3-9(2)10-6-8-12-7-4-5-11(10)12/h9-11H,3-8H2,1-2H3. The monoisotopic (exact) mass is 167 g/mol. The van der Waals surface area contributed by atoms with Crippen molar-refractivity contribution in [2.75, 3.05) is 13.1 Å². The van der Waals surface area contributed by atoms with Gasteiger partial charge in [-0.2, -0.15) is 0 Å². The molecule has 0 radical (unpaired) electrons. The maximum Gasteiger partial charge on any atom is 0.0127 e. The normalized spacial score (nSPS) is 38.5. The van der Waals surface area contributed by atoms with Gasteiger partial charge in [-0.25, -0.2) is 0 Å². The lowest BCUT2D eigenvalue weighted by molar-refractivity contribution is 0.243. The highest BCUT2D eigenvalue weighted by Gasteiger charge is 2.38. The van der Waals surface area contributed by atoms with E-state index < -0.39 is 0 Å². The zero-order valence-electron chi connectivity index (χ0n) is 8.42. The molecule has 0 N–H and O–H groups in total. The molecule has 0 aromatic heterocycles. The van der Waals surface area contributed by atoms with E-state index in [4.69, 9.17) is 0 Å². The van der Waals surface area contributed by atoms with Gasteiger partial charge in [0.05, 0.1) is 0 Å². The van der Waals surface area contributed by atoms with Crippen LogP contribution < -0.4 is 0 Å². The minimum Gasteiger partial charge on any atom is -0.300 e. The van der Waals surface area contributed by atoms with Gasteiger partial charge in [0.1, 0.15) is 0 Å². The van der Waals surface area contributed by atoms with Gasteiger partial charge in [0.25, 0.3) is 0 Å². The summed E-state index contributed by atoms with van der Waals surface area (Å²) >= 11 is 0. The van der Waals surface area contributed by atoms with E-state index in [0.717, 1.165) is 17.9 Å². The molecule has 0 spiro atoms. The Labute approximate surface area is 76.1 Å². The van der Waals surface area contributed by atoms with Gasteiger partial charge in [0.2, 0.25) is 0 Å². The summed E-state index contributed by atoms with van der Waals surface area (Å²) in [5, 5.41) is 0. The van der Waals surface area contributed by atoms with Crippen molar-refractivity contribution in [3.63, 3.8) is 0 Å². The van der Waals surface area contributed by atoms with Crippen LogP contribution >= 0.6 is 0 Å². The SMILES string of the molecule is CCC(C)C1CCN2CCCC12. The van der Waals surface area contributed by atoms with Gasteiger partial charge in [0, 0.05) is 6.04 Å². The first-order valence-electron chi connectivity index (χ1n) is 5.57. The summed E-state index contributed by atoms with van der Waals surface area (Å²) in [4.78, 5) is 2.72. The lowest BCUT2D eigenvalue weighted by Gasteiger charge is -2.24. The molecule has 1 nitrogen and oxygen atoms in total. The summed E-state index contributed by atoms with van der Waals surface area (Å²) in [6, 6.07) is 0.972. The van der Waals surface area contributed by atoms with Crippen molar-refractivity contribution in [1.82, 2.24) is 4.90 Å². The second-order valence-corrected chi connectivity index (χ2v) is 4.58. The van der Waals surface area contributed by atoms with Gasteiger partial charge >= 0.3 is 0 Å². The van der Waals surface area contributed by atoms with Crippen LogP contribution in [0.4, 0.5) is 0 Å². The summed E-state index contributed by atoms with van der Waals surface area (Å²) in [6.07, 6.45) is 5.78. The zero-order chi connectivity index (χ0) is 8.55. The second-order valence-electron chi connectivity index (χ2n) is 4.58. The van der Waals surface area contributed by atoms with Crippen LogP contribution in [0.15, 0.2) is 0 Å². The van der Waals surface area contributed by atoms with Crippen molar-refractivity contribution in [3.8, 4) is 0 Å². The van der Waals surface area contributed by atoms with Crippen molar-refractivity contribution in [2.24, 2.45) is 11.8 Å². The summed E-state index contributed by atoms with van der Waals surface area (Å²) < 4.78 is 0. The van der Waals surface area contributed by atoms with Gasteiger partial charge in [-0.15, -0.1) is 0 Å². The summed E-state index contributed by atoms with van der Waals surface area (Å²) in [6.45, 7) is 7.55. The molecule has 2 aliphatic heterocycles. The maximum atomic E-state index is 2.72. The Bertz CT molecular complexity index is 155. The van der Waals surface area contributed by atoms with E-state index in [1.165, 1.54) is 38.8 Å². The van der Waals surface area contributed by atoms with Crippen LogP contribution in [-0.4, -0.2) is 24.0 Å². The zero-order valence-corrected chi connectivity index (χ0v) is 8.42. The van der Waals surface area contributed by atoms with E-state index in [2.05, 4.69) is 18.7 Å². The third-order valence-electron chi connectivity index (χ3n) is 4.03. The fourth-order valence-corrected chi connectivity index (χ4v) is 3.09. The largest absolute Gasteiger partial charge is 0.300 e. The lowest BCUT2D eigenvalue weighted by Crippen LogP contribution is -2.28. The van der Waals surface area contributed by atoms with Crippen molar-refractivity contribution in [1.29, 1.82) is 0 Å². The molecule has 70 valence electrons. The van der Waals surface area contributed by atoms with Crippen molar-refractivity contribution >= 4 is 0 Å². The van der Waals surface area contributed by atoms with Crippen LogP contribution in [0.25, 0.3) is 0 Å². The highest BCUT2D eigenvalue weighted by Crippen LogP contribution is 2.37. The van der Waals surface area contributed by atoms with Crippen molar-refractivity contribution < 1.29 is 0 Å². The highest BCUT2D eigenvalue weighted by atomic mass is 15.2. The summed E-state index contributed by atoms with van der Waals surface area (Å²) in [7, 11) is 0. The van der Waals surface area contributed by atoms with E-state index in [0.29, 0.717) is 0 Å². The van der Waals surface area contributed by atoms with E-state index in [1.54, 1.807) is 0 Å². The molecule has 12 heavy (non-hydrogen) atoms. The van der Waals surface area contributed by atoms with Crippen molar-refractivity contribution in [2.45, 2.75) is 45.6 Å². The molecule has 2 saturated heterocycles. The molecular formula is C11H21N. The Balaban J connectivity index is 1.99. The molecule has 0 bridgehead atoms. The number of nitrogens with zero attached hydrogens (tertiary/aromatic N) is 1. The molecule has 0 amide bonds. The number of fused-ring (bicyclic) bond motifs is 1. The van der Waals surface area contributed by atoms with Gasteiger partial charge in [-0.05, 0) is 44.2 Å². The topological polar surface area (TPSA) is 3.24 Å². The maximum absolute atomic E-state index is 2.72. The Morgan fingerprint density at radius 1 is 1.33 bits per heavy atom. The third-order valence-corrected chi connectivity index (χ3v) is 4.03. The van der Waals surface area contributed by atoms with Gasteiger partial charge in [-0.1, -0.05) is 20.3 Å². The number of rotatable bonds is 2. The molecule has 2 fully saturated rings. The first-order chi connectivity index (χ1) is 5.83. The van der Waals surface area contributed by atoms with Crippen LogP contribution in [0.1, 0.15) is 39.5 Å². The Morgan fingerprint density at radius 3 is 2.92 bits per heavy atom. The summed E-state index contributed by atoms with van der Waals surface area (Å²) in [5.74, 6) is 1.98. The minimum atomic E-state index is 0.957. The van der Waals surface area contributed by atoms with Gasteiger partial charge < -0.3 is 4.90 Å². The van der Waals surface area contributed by atoms with Crippen LogP contribution in [0.3, 0.4) is 0 Å². The van der Waals surface area contributed by atoms with E-state index in [1.807, 2.05) is 0 Å². The molecule has 2 rings (SSSR count). The smallest absolute Gasteiger partial charge is 0.0127 e. The fourth-order valence-electron chi connectivity index (χ4n) is 3.09. The second kappa shape index (κ2) is 3.37. The average Bonchev–Trinajstić information content (AvgIpc) is 2.62. The van der Waals surface area contributed by atoms with Gasteiger partial charge in [0.15, 0.2) is 0 Å². The van der Waals surface area contributed by atoms with Crippen LogP contribution in [0, 0.1) is 11.8 Å². The molecule has 0 aliphatic carbocycles. The Morgan fingerprint density at radius 2 is 2.17 bits per heavy atom. The Kier molecular flexibility index (Phi) is 2.40. The molecular weight excluding hydrogens is 146 g/mol. The van der Waals surface area contributed by atoms with Crippen LogP contribution in [0.5, 0.6) is 0 Å². The quantitative estimate of drug-likeness (QED) is 0.611. The first-order valence-corrected chi connectivity index (χ1v) is 5.57. The number of hydrogen-bond acceptors (Lipinski definition) is 1. The van der Waals surface area contributed by atoms with E-state index in [9.17, 15) is 0 Å². The summed E-state index contributed by atoms with van der Waals surface area (Å²) in [5.41, 5.74) is 0. The molecule has 2 aliphatic rings. The molecule has 2 heterocycles. The molecule has 0 aromatic carbocycles. The molecule has 0 saturated carbocycles.